The summed E-state index contributed by atoms with van der Waals surface area (Å²) in [6.07, 6.45) is 8.10. The Morgan fingerprint density at radius 1 is 1.55 bits per heavy atom. The van der Waals surface area contributed by atoms with Crippen molar-refractivity contribution in [2.75, 3.05) is 6.54 Å². The highest BCUT2D eigenvalue weighted by Crippen LogP contribution is 2.14. The van der Waals surface area contributed by atoms with E-state index in [0.29, 0.717) is 6.04 Å². The monoisotopic (exact) mass is 149 g/mol. The predicted molar refractivity (Wildman–Crippen MR) is 44.4 cm³/mol. The molecule has 4 N–H and O–H groups in total. The van der Waals surface area contributed by atoms with Crippen LogP contribution in [0.3, 0.4) is 0 Å². The molecule has 1 aliphatic carbocycles. The summed E-state index contributed by atoms with van der Waals surface area (Å²) in [5.74, 6) is 0. The Balaban J connectivity index is 2.29. The molecule has 2 rings (SSSR count). The fourth-order valence-corrected chi connectivity index (χ4v) is 1.30. The van der Waals surface area contributed by atoms with Crippen LogP contribution in [0.25, 0.3) is 0 Å². The maximum atomic E-state index is 5.63. The van der Waals surface area contributed by atoms with Crippen LogP contribution in [0, 0.1) is 0 Å². The first-order valence-corrected chi connectivity index (χ1v) is 3.70. The van der Waals surface area contributed by atoms with E-state index in [0.717, 1.165) is 12.2 Å². The molecule has 1 unspecified atom stereocenters. The molecule has 58 valence electrons. The number of nitrogens with two attached hydrogens (primary N) is 1. The zero-order valence-corrected chi connectivity index (χ0v) is 6.17. The van der Waals surface area contributed by atoms with Crippen molar-refractivity contribution in [2.45, 2.75) is 6.04 Å². The second-order valence-electron chi connectivity index (χ2n) is 2.71. The van der Waals surface area contributed by atoms with Crippen molar-refractivity contribution >= 4 is 0 Å². The molecular weight excluding hydrogens is 138 g/mol. The van der Waals surface area contributed by atoms with Gasteiger partial charge in [0.05, 0.1) is 6.04 Å². The van der Waals surface area contributed by atoms with Gasteiger partial charge < -0.3 is 5.73 Å². The van der Waals surface area contributed by atoms with E-state index < -0.39 is 0 Å². The highest BCUT2D eigenvalue weighted by atomic mass is 15.4. The number of hydrogen-bond acceptors (Lipinski definition) is 3. The van der Waals surface area contributed by atoms with Crippen molar-refractivity contribution in [1.82, 2.24) is 10.9 Å². The van der Waals surface area contributed by atoms with Crippen LogP contribution in [0.4, 0.5) is 0 Å². The van der Waals surface area contributed by atoms with E-state index in [1.807, 2.05) is 18.2 Å². The fraction of sp³-hybridized carbons (Fsp3) is 0.250. The topological polar surface area (TPSA) is 50.1 Å². The lowest BCUT2D eigenvalue weighted by Crippen LogP contribution is -2.45. The zero-order chi connectivity index (χ0) is 7.68. The molecular formula is C8H11N3. The van der Waals surface area contributed by atoms with Gasteiger partial charge in [-0.25, -0.2) is 5.43 Å². The molecule has 0 saturated carbocycles. The molecule has 0 spiro atoms. The first-order valence-electron chi connectivity index (χ1n) is 3.70. The number of allylic oxidation sites excluding steroid dienone is 1. The predicted octanol–water partition coefficient (Wildman–Crippen LogP) is -0.198. The molecule has 0 aromatic carbocycles. The van der Waals surface area contributed by atoms with Gasteiger partial charge in [0.2, 0.25) is 0 Å². The van der Waals surface area contributed by atoms with Crippen LogP contribution >= 0.6 is 0 Å². The maximum Gasteiger partial charge on any atom is 0.0645 e. The molecule has 0 amide bonds. The molecule has 11 heavy (non-hydrogen) atoms. The van der Waals surface area contributed by atoms with Gasteiger partial charge in [0.25, 0.3) is 0 Å². The van der Waals surface area contributed by atoms with Crippen molar-refractivity contribution in [2.24, 2.45) is 5.73 Å². The van der Waals surface area contributed by atoms with E-state index >= 15 is 0 Å². The van der Waals surface area contributed by atoms with Gasteiger partial charge in [0.1, 0.15) is 0 Å². The van der Waals surface area contributed by atoms with E-state index in [9.17, 15) is 0 Å². The lowest BCUT2D eigenvalue weighted by atomic mass is 10.00. The summed E-state index contributed by atoms with van der Waals surface area (Å²) >= 11 is 0. The molecule has 2 aliphatic rings. The minimum absolute atomic E-state index is 0.302. The van der Waals surface area contributed by atoms with Crippen LogP contribution in [0.2, 0.25) is 0 Å². The SMILES string of the molecule is NC1=CC2=CCNNC2C=C1. The first kappa shape index (κ1) is 6.64. The number of nitrogens with one attached hydrogen (secondary N) is 2. The zero-order valence-electron chi connectivity index (χ0n) is 6.17. The minimum Gasteiger partial charge on any atom is -0.399 e. The van der Waals surface area contributed by atoms with Crippen LogP contribution in [0.5, 0.6) is 0 Å². The van der Waals surface area contributed by atoms with Crippen molar-refractivity contribution < 1.29 is 0 Å². The van der Waals surface area contributed by atoms with E-state index in [-0.39, 0.29) is 0 Å². The Kier molecular flexibility index (Phi) is 1.52. The second-order valence-corrected chi connectivity index (χ2v) is 2.71. The van der Waals surface area contributed by atoms with Crippen molar-refractivity contribution in [3.05, 3.63) is 35.6 Å². The molecule has 1 atom stereocenters. The highest BCUT2D eigenvalue weighted by molar-refractivity contribution is 5.41. The molecule has 1 heterocycles. The Bertz CT molecular complexity index is 250. The third-order valence-corrected chi connectivity index (χ3v) is 1.87. The van der Waals surface area contributed by atoms with E-state index in [2.05, 4.69) is 16.9 Å². The van der Waals surface area contributed by atoms with Crippen LogP contribution < -0.4 is 16.6 Å². The molecule has 0 aromatic heterocycles. The lowest BCUT2D eigenvalue weighted by Gasteiger charge is -2.24. The van der Waals surface area contributed by atoms with E-state index in [4.69, 9.17) is 5.73 Å². The van der Waals surface area contributed by atoms with Gasteiger partial charge in [0.15, 0.2) is 0 Å². The van der Waals surface area contributed by atoms with Crippen molar-refractivity contribution in [1.29, 1.82) is 0 Å². The summed E-state index contributed by atoms with van der Waals surface area (Å²) in [7, 11) is 0. The average Bonchev–Trinajstić information content (AvgIpc) is 2.04. The Morgan fingerprint density at radius 3 is 3.36 bits per heavy atom. The van der Waals surface area contributed by atoms with Gasteiger partial charge in [-0.05, 0) is 17.7 Å². The summed E-state index contributed by atoms with van der Waals surface area (Å²) in [4.78, 5) is 0. The second kappa shape index (κ2) is 2.53. The van der Waals surface area contributed by atoms with Gasteiger partial charge in [-0.2, -0.15) is 0 Å². The summed E-state index contributed by atoms with van der Waals surface area (Å²) in [6, 6.07) is 0.302. The highest BCUT2D eigenvalue weighted by Gasteiger charge is 2.14. The normalized spacial score (nSPS) is 28.9. The summed E-state index contributed by atoms with van der Waals surface area (Å²) in [6.45, 7) is 0.865. The number of rotatable bonds is 0. The summed E-state index contributed by atoms with van der Waals surface area (Å²) in [5, 5.41) is 0. The first-order chi connectivity index (χ1) is 5.36. The molecule has 0 saturated heterocycles. The minimum atomic E-state index is 0.302. The number of hydrazine groups is 1. The number of hydrogen-bond donors (Lipinski definition) is 3. The van der Waals surface area contributed by atoms with Crippen LogP contribution in [-0.4, -0.2) is 12.6 Å². The van der Waals surface area contributed by atoms with Gasteiger partial charge in [-0.15, -0.1) is 0 Å². The Hall–Kier alpha value is -1.06. The van der Waals surface area contributed by atoms with Crippen molar-refractivity contribution in [3.8, 4) is 0 Å². The van der Waals surface area contributed by atoms with Gasteiger partial charge in [-0.1, -0.05) is 12.2 Å². The van der Waals surface area contributed by atoms with Gasteiger partial charge >= 0.3 is 0 Å². The van der Waals surface area contributed by atoms with Gasteiger partial charge in [-0.3, -0.25) is 5.43 Å². The molecule has 0 fully saturated rings. The molecule has 0 radical (unpaired) electrons. The lowest BCUT2D eigenvalue weighted by molar-refractivity contribution is 0.519. The molecule has 0 aromatic rings. The molecule has 3 heteroatoms. The van der Waals surface area contributed by atoms with Crippen LogP contribution in [0.15, 0.2) is 35.6 Å². The Morgan fingerprint density at radius 2 is 2.45 bits per heavy atom. The largest absolute Gasteiger partial charge is 0.399 e. The fourth-order valence-electron chi connectivity index (χ4n) is 1.30. The third-order valence-electron chi connectivity index (χ3n) is 1.87. The summed E-state index contributed by atoms with van der Waals surface area (Å²) in [5.41, 5.74) is 13.9. The summed E-state index contributed by atoms with van der Waals surface area (Å²) < 4.78 is 0. The maximum absolute atomic E-state index is 5.63. The van der Waals surface area contributed by atoms with Crippen molar-refractivity contribution in [3.63, 3.8) is 0 Å². The van der Waals surface area contributed by atoms with Gasteiger partial charge in [0, 0.05) is 12.2 Å². The quantitative estimate of drug-likeness (QED) is 0.447. The number of fused-ring (bicyclic) bond motifs is 1. The standard InChI is InChI=1S/C8H11N3/c9-7-1-2-8-6(5-7)3-4-10-11-8/h1-3,5,8,10-11H,4,9H2. The third kappa shape index (κ3) is 1.20. The Labute approximate surface area is 65.6 Å². The smallest absolute Gasteiger partial charge is 0.0645 e. The van der Waals surface area contributed by atoms with E-state index in [1.54, 1.807) is 0 Å². The molecule has 1 aliphatic heterocycles. The van der Waals surface area contributed by atoms with E-state index in [1.165, 1.54) is 5.57 Å². The average molecular weight is 149 g/mol. The molecule has 3 nitrogen and oxygen atoms in total. The molecule has 0 bridgehead atoms. The van der Waals surface area contributed by atoms with Crippen LogP contribution in [0.1, 0.15) is 0 Å². The van der Waals surface area contributed by atoms with Crippen LogP contribution in [-0.2, 0) is 0 Å².